The molecular formula is C23H27NO5S. The first-order chi connectivity index (χ1) is 14.3. The molecule has 30 heavy (non-hydrogen) atoms. The molecule has 1 aromatic rings. The monoisotopic (exact) mass is 429 g/mol. The van der Waals surface area contributed by atoms with Crippen LogP contribution in [-0.2, 0) is 19.1 Å². The molecule has 0 bridgehead atoms. The molecule has 1 heterocycles. The van der Waals surface area contributed by atoms with E-state index in [1.807, 2.05) is 31.2 Å². The van der Waals surface area contributed by atoms with Crippen molar-refractivity contribution in [1.29, 1.82) is 0 Å². The lowest BCUT2D eigenvalue weighted by molar-refractivity contribution is -0.146. The van der Waals surface area contributed by atoms with Gasteiger partial charge in [0.2, 0.25) is 5.91 Å². The lowest BCUT2D eigenvalue weighted by atomic mass is 9.77. The predicted molar refractivity (Wildman–Crippen MR) is 114 cm³/mol. The third-order valence-corrected chi connectivity index (χ3v) is 7.92. The zero-order valence-corrected chi connectivity index (χ0v) is 18.0. The largest absolute Gasteiger partial charge is 0.461 e. The van der Waals surface area contributed by atoms with Crippen molar-refractivity contribution < 1.29 is 24.2 Å². The van der Waals surface area contributed by atoms with Gasteiger partial charge in [-0.3, -0.25) is 14.4 Å². The molecule has 2 N–H and O–H groups in total. The number of benzene rings is 1. The van der Waals surface area contributed by atoms with Gasteiger partial charge in [-0.2, -0.15) is 0 Å². The lowest BCUT2D eigenvalue weighted by Crippen LogP contribution is -2.38. The minimum atomic E-state index is -0.699. The van der Waals surface area contributed by atoms with Crippen molar-refractivity contribution in [3.05, 3.63) is 36.4 Å². The van der Waals surface area contributed by atoms with Crippen molar-refractivity contribution in [2.75, 3.05) is 11.1 Å². The quantitative estimate of drug-likeness (QED) is 0.434. The summed E-state index contributed by atoms with van der Waals surface area (Å²) in [4.78, 5) is 37.2. The second-order valence-corrected chi connectivity index (χ2v) is 9.77. The van der Waals surface area contributed by atoms with Crippen LogP contribution in [0.25, 0.3) is 0 Å². The fourth-order valence-electron chi connectivity index (χ4n) is 5.30. The molecule has 1 saturated heterocycles. The molecular weight excluding hydrogens is 402 g/mol. The molecule has 3 fully saturated rings. The van der Waals surface area contributed by atoms with Crippen molar-refractivity contribution in [3.8, 4) is 0 Å². The van der Waals surface area contributed by atoms with Crippen LogP contribution in [0.2, 0.25) is 0 Å². The Morgan fingerprint density at radius 3 is 2.60 bits per heavy atom. The van der Waals surface area contributed by atoms with Crippen molar-refractivity contribution in [3.63, 3.8) is 0 Å². The summed E-state index contributed by atoms with van der Waals surface area (Å²) in [6.45, 7) is 7.51. The van der Waals surface area contributed by atoms with Crippen molar-refractivity contribution in [1.82, 2.24) is 0 Å². The van der Waals surface area contributed by atoms with Crippen molar-refractivity contribution in [2.45, 2.75) is 43.8 Å². The molecule has 6 nitrogen and oxygen atoms in total. The average molecular weight is 430 g/mol. The van der Waals surface area contributed by atoms with Gasteiger partial charge in [0.05, 0.1) is 12.0 Å². The van der Waals surface area contributed by atoms with E-state index in [0.29, 0.717) is 18.6 Å². The molecule has 7 atom stereocenters. The second-order valence-electron chi connectivity index (χ2n) is 8.67. The maximum atomic E-state index is 12.8. The van der Waals surface area contributed by atoms with Gasteiger partial charge in [-0.05, 0) is 36.6 Å². The molecule has 0 radical (unpaired) electrons. The Hall–Kier alpha value is -2.12. The fraction of sp³-hybridized carbons (Fsp3) is 0.522. The van der Waals surface area contributed by atoms with Crippen molar-refractivity contribution >= 4 is 35.1 Å². The summed E-state index contributed by atoms with van der Waals surface area (Å²) in [5.74, 6) is -0.799. The third-order valence-electron chi connectivity index (χ3n) is 6.79. The van der Waals surface area contributed by atoms with E-state index in [0.717, 1.165) is 16.2 Å². The van der Waals surface area contributed by atoms with E-state index < -0.39 is 18.1 Å². The van der Waals surface area contributed by atoms with E-state index in [-0.39, 0.29) is 41.3 Å². The van der Waals surface area contributed by atoms with Crippen LogP contribution in [0.3, 0.4) is 0 Å². The first-order valence-electron chi connectivity index (χ1n) is 10.4. The highest BCUT2D eigenvalue weighted by atomic mass is 32.2. The molecule has 2 aliphatic carbocycles. The molecule has 3 aliphatic rings. The van der Waals surface area contributed by atoms with Crippen LogP contribution in [0.15, 0.2) is 41.3 Å². The zero-order chi connectivity index (χ0) is 21.6. The van der Waals surface area contributed by atoms with Gasteiger partial charge in [-0.1, -0.05) is 19.1 Å². The van der Waals surface area contributed by atoms with Gasteiger partial charge in [0.1, 0.15) is 11.9 Å². The highest BCUT2D eigenvalue weighted by Crippen LogP contribution is 2.52. The van der Waals surface area contributed by atoms with E-state index in [1.165, 1.54) is 18.7 Å². The first kappa shape index (κ1) is 21.1. The molecule has 1 amide bonds. The van der Waals surface area contributed by atoms with Gasteiger partial charge in [0.15, 0.2) is 0 Å². The summed E-state index contributed by atoms with van der Waals surface area (Å²) in [5.41, 5.74) is 1.62. The van der Waals surface area contributed by atoms with E-state index >= 15 is 0 Å². The maximum Gasteiger partial charge on any atom is 0.310 e. The molecule has 4 rings (SSSR count). The summed E-state index contributed by atoms with van der Waals surface area (Å²) in [5, 5.41) is 13.6. The number of anilines is 1. The topological polar surface area (TPSA) is 92.7 Å². The van der Waals surface area contributed by atoms with Crippen LogP contribution in [0, 0.1) is 29.6 Å². The summed E-state index contributed by atoms with van der Waals surface area (Å²) in [6, 6.07) is 7.43. The number of ketones is 1. The Labute approximate surface area is 180 Å². The van der Waals surface area contributed by atoms with E-state index in [2.05, 4.69) is 11.9 Å². The Balaban J connectivity index is 1.50. The number of carbonyl (C=O) groups is 3. The zero-order valence-electron chi connectivity index (χ0n) is 17.2. The van der Waals surface area contributed by atoms with E-state index in [1.54, 1.807) is 0 Å². The molecule has 1 aromatic carbocycles. The number of aliphatic hydroxyl groups excluding tert-OH is 1. The number of thioether (sulfide) groups is 1. The highest BCUT2D eigenvalue weighted by molar-refractivity contribution is 7.99. The van der Waals surface area contributed by atoms with Gasteiger partial charge in [0, 0.05) is 47.4 Å². The summed E-state index contributed by atoms with van der Waals surface area (Å²) in [7, 11) is 0. The molecule has 160 valence electrons. The highest BCUT2D eigenvalue weighted by Gasteiger charge is 2.58. The normalized spacial score (nSPS) is 35.4. The Morgan fingerprint density at radius 1 is 1.23 bits per heavy atom. The summed E-state index contributed by atoms with van der Waals surface area (Å²) in [6.07, 6.45) is -0.301. The first-order valence-corrected chi connectivity index (χ1v) is 11.3. The number of amides is 1. The van der Waals surface area contributed by atoms with Gasteiger partial charge in [-0.25, -0.2) is 0 Å². The number of hydrogen-bond donors (Lipinski definition) is 2. The maximum absolute atomic E-state index is 12.8. The van der Waals surface area contributed by atoms with Crippen LogP contribution < -0.4 is 5.32 Å². The number of Topliss-reactive ketones (excluding diaryl/α,β-unsaturated/α-hetero) is 1. The number of ether oxygens (including phenoxy) is 1. The van der Waals surface area contributed by atoms with Crippen LogP contribution in [-0.4, -0.2) is 40.7 Å². The Morgan fingerprint density at radius 2 is 1.93 bits per heavy atom. The number of rotatable bonds is 4. The van der Waals surface area contributed by atoms with E-state index in [4.69, 9.17) is 4.74 Å². The van der Waals surface area contributed by atoms with Crippen LogP contribution in [0.4, 0.5) is 5.69 Å². The minimum Gasteiger partial charge on any atom is -0.461 e. The Bertz CT molecular complexity index is 882. The number of carbonyl (C=O) groups excluding carboxylic acids is 3. The molecule has 0 unspecified atom stereocenters. The minimum absolute atomic E-state index is 0.0160. The standard InChI is InChI=1S/C23H27NO5S/c1-11-8-19(27)21-17(10-30-15-6-4-14(5-7-15)24-13(3)25)23(28)29-22(21)20-12(2)18(26)9-16(11)20/h4-7,12,16-17,19-22,27H,1,8-10H2,2-3H3,(H,24,25)/t12-,16+,17+,19+,20+,21-,22-/m1/s1. The fourth-order valence-corrected chi connectivity index (χ4v) is 6.36. The number of hydrogen-bond acceptors (Lipinski definition) is 6. The number of nitrogens with one attached hydrogen (secondary N) is 1. The third kappa shape index (κ3) is 3.81. The van der Waals surface area contributed by atoms with Gasteiger partial charge in [-0.15, -0.1) is 11.8 Å². The SMILES string of the molecule is C=C1C[C@H](O)[C@@H]2[C@H](OC(=O)[C@H]2CSc2ccc(NC(C)=O)cc2)[C@H]2[C@H](C)C(=O)C[C@@H]12. The average Bonchev–Trinajstić information content (AvgIpc) is 3.13. The smallest absolute Gasteiger partial charge is 0.310 e. The number of fused-ring (bicyclic) bond motifs is 3. The second kappa shape index (κ2) is 8.19. The van der Waals surface area contributed by atoms with Crippen LogP contribution in [0.1, 0.15) is 26.7 Å². The summed E-state index contributed by atoms with van der Waals surface area (Å²) < 4.78 is 5.81. The van der Waals surface area contributed by atoms with Gasteiger partial charge in [0.25, 0.3) is 0 Å². The Kier molecular flexibility index (Phi) is 5.77. The molecule has 2 saturated carbocycles. The van der Waals surface area contributed by atoms with Gasteiger partial charge >= 0.3 is 5.97 Å². The molecule has 0 spiro atoms. The lowest BCUT2D eigenvalue weighted by Gasteiger charge is -2.29. The predicted octanol–water partition coefficient (Wildman–Crippen LogP) is 3.06. The van der Waals surface area contributed by atoms with Crippen LogP contribution >= 0.6 is 11.8 Å². The van der Waals surface area contributed by atoms with Crippen LogP contribution in [0.5, 0.6) is 0 Å². The number of esters is 1. The molecule has 7 heteroatoms. The molecule has 1 aliphatic heterocycles. The van der Waals surface area contributed by atoms with Gasteiger partial charge < -0.3 is 15.2 Å². The van der Waals surface area contributed by atoms with Crippen molar-refractivity contribution in [2.24, 2.45) is 29.6 Å². The number of aliphatic hydroxyl groups is 1. The van der Waals surface area contributed by atoms with E-state index in [9.17, 15) is 19.5 Å². The summed E-state index contributed by atoms with van der Waals surface area (Å²) >= 11 is 1.53. The molecule has 0 aromatic heterocycles.